The number of hydrogen-bond donors (Lipinski definition) is 6. The first kappa shape index (κ1) is 23.2. The number of nitrogens with one attached hydrogen (secondary N) is 4. The molecule has 0 aromatic carbocycles. The minimum absolute atomic E-state index is 0.0693. The summed E-state index contributed by atoms with van der Waals surface area (Å²) in [5.41, 5.74) is -1.27. The van der Waals surface area contributed by atoms with Crippen LogP contribution < -0.4 is 21.3 Å². The van der Waals surface area contributed by atoms with Gasteiger partial charge in [0.25, 0.3) is 6.47 Å². The fraction of sp³-hybridized carbons (Fsp3) is 0.600. The van der Waals surface area contributed by atoms with Crippen LogP contribution in [-0.4, -0.2) is 71.8 Å². The zero-order chi connectivity index (χ0) is 21.3. The highest BCUT2D eigenvalue weighted by molar-refractivity contribution is 7.80. The van der Waals surface area contributed by atoms with Crippen molar-refractivity contribution in [1.82, 2.24) is 21.3 Å². The van der Waals surface area contributed by atoms with E-state index < -0.39 is 53.0 Å². The lowest BCUT2D eigenvalue weighted by atomic mass is 10.0. The molecule has 0 radical (unpaired) electrons. The summed E-state index contributed by atoms with van der Waals surface area (Å²) in [6.45, 7) is 0.979. The molecule has 1 rings (SSSR count). The minimum atomic E-state index is -1.35. The van der Waals surface area contributed by atoms with E-state index in [1.807, 2.05) is 0 Å². The predicted molar refractivity (Wildman–Crippen MR) is 95.8 cm³/mol. The number of amides is 4. The molecule has 0 spiro atoms. The molecule has 0 saturated carbocycles. The molecule has 12 nitrogen and oxygen atoms in total. The van der Waals surface area contributed by atoms with Crippen LogP contribution in [0.5, 0.6) is 0 Å². The number of hydrogen-bond acceptors (Lipinski definition) is 8. The first-order chi connectivity index (χ1) is 13.2. The molecule has 1 saturated heterocycles. The second-order valence-electron chi connectivity index (χ2n) is 5.92. The van der Waals surface area contributed by atoms with Crippen LogP contribution in [0.3, 0.4) is 0 Å². The monoisotopic (exact) mass is 418 g/mol. The molecule has 5 N–H and O–H groups in total. The SMILES string of the molecule is CC(C(=O)O)[C@@H]1NC(=O)CCNC(=O)[C@H](C(S)OC=O)NC(=O)CCNC1=O. The van der Waals surface area contributed by atoms with Crippen LogP contribution in [0.4, 0.5) is 0 Å². The maximum absolute atomic E-state index is 12.2. The molecule has 4 atom stereocenters. The number of carboxylic acids is 1. The van der Waals surface area contributed by atoms with E-state index in [9.17, 15) is 28.8 Å². The van der Waals surface area contributed by atoms with Gasteiger partial charge >= 0.3 is 5.97 Å². The zero-order valence-electron chi connectivity index (χ0n) is 15.0. The third-order valence-electron chi connectivity index (χ3n) is 3.87. The highest BCUT2D eigenvalue weighted by atomic mass is 32.1. The van der Waals surface area contributed by atoms with Gasteiger partial charge in [-0.15, -0.1) is 12.6 Å². The highest BCUT2D eigenvalue weighted by Gasteiger charge is 2.33. The Morgan fingerprint density at radius 1 is 1.07 bits per heavy atom. The van der Waals surface area contributed by atoms with Crippen molar-refractivity contribution < 1.29 is 38.6 Å². The summed E-state index contributed by atoms with van der Waals surface area (Å²) in [4.78, 5) is 70.1. The summed E-state index contributed by atoms with van der Waals surface area (Å²) in [5, 5.41) is 18.5. The van der Waals surface area contributed by atoms with Crippen LogP contribution >= 0.6 is 12.6 Å². The van der Waals surface area contributed by atoms with Crippen molar-refractivity contribution in [2.45, 2.75) is 37.3 Å². The van der Waals surface area contributed by atoms with Crippen molar-refractivity contribution in [3.8, 4) is 0 Å². The summed E-state index contributed by atoms with van der Waals surface area (Å²) in [6, 6.07) is -2.66. The van der Waals surface area contributed by atoms with Crippen LogP contribution in [0.25, 0.3) is 0 Å². The molecule has 1 aliphatic rings. The van der Waals surface area contributed by atoms with Crippen molar-refractivity contribution in [2.24, 2.45) is 5.92 Å². The average molecular weight is 418 g/mol. The normalized spacial score (nSPS) is 24.4. The first-order valence-corrected chi connectivity index (χ1v) is 8.83. The number of ether oxygens (including phenoxy) is 1. The molecule has 156 valence electrons. The molecule has 0 aromatic heterocycles. The van der Waals surface area contributed by atoms with Gasteiger partial charge in [-0.25, -0.2) is 0 Å². The van der Waals surface area contributed by atoms with E-state index in [-0.39, 0.29) is 32.4 Å². The Hall–Kier alpha value is -2.83. The summed E-state index contributed by atoms with van der Waals surface area (Å²) in [5.74, 6) is -5.29. The van der Waals surface area contributed by atoms with Crippen molar-refractivity contribution in [3.63, 3.8) is 0 Å². The largest absolute Gasteiger partial charge is 0.481 e. The van der Waals surface area contributed by atoms with Crippen LogP contribution in [0, 0.1) is 5.92 Å². The number of aliphatic carboxylic acids is 1. The molecular weight excluding hydrogens is 396 g/mol. The van der Waals surface area contributed by atoms with Gasteiger partial charge < -0.3 is 31.1 Å². The maximum Gasteiger partial charge on any atom is 0.308 e. The fourth-order valence-corrected chi connectivity index (χ4v) is 2.53. The van der Waals surface area contributed by atoms with Crippen LogP contribution in [0.1, 0.15) is 19.8 Å². The molecule has 4 amide bonds. The van der Waals surface area contributed by atoms with E-state index in [0.717, 1.165) is 0 Å². The lowest BCUT2D eigenvalue weighted by Crippen LogP contribution is -2.55. The Labute approximate surface area is 165 Å². The highest BCUT2D eigenvalue weighted by Crippen LogP contribution is 2.07. The number of carboxylic acid groups (broad SMARTS) is 1. The topological polar surface area (TPSA) is 180 Å². The molecule has 13 heteroatoms. The predicted octanol–water partition coefficient (Wildman–Crippen LogP) is -2.87. The van der Waals surface area contributed by atoms with Crippen molar-refractivity contribution >= 4 is 48.7 Å². The molecule has 1 fully saturated rings. The van der Waals surface area contributed by atoms with Gasteiger partial charge in [0, 0.05) is 25.9 Å². The summed E-state index contributed by atoms with van der Waals surface area (Å²) in [6.07, 6.45) is -0.506. The van der Waals surface area contributed by atoms with Crippen molar-refractivity contribution in [2.75, 3.05) is 13.1 Å². The maximum atomic E-state index is 12.2. The Balaban J connectivity index is 2.94. The Bertz CT molecular complexity index is 644. The van der Waals surface area contributed by atoms with Gasteiger partial charge in [0.2, 0.25) is 23.6 Å². The Morgan fingerprint density at radius 3 is 2.00 bits per heavy atom. The first-order valence-electron chi connectivity index (χ1n) is 8.31. The molecule has 2 unspecified atom stereocenters. The van der Waals surface area contributed by atoms with Gasteiger partial charge in [-0.1, -0.05) is 0 Å². The number of carbonyl (C=O) groups is 6. The van der Waals surface area contributed by atoms with E-state index in [4.69, 9.17) is 5.11 Å². The van der Waals surface area contributed by atoms with Gasteiger partial charge in [-0.05, 0) is 6.92 Å². The smallest absolute Gasteiger partial charge is 0.308 e. The Morgan fingerprint density at radius 2 is 1.54 bits per heavy atom. The molecule has 0 bridgehead atoms. The molecule has 28 heavy (non-hydrogen) atoms. The van der Waals surface area contributed by atoms with Crippen LogP contribution in [-0.2, 0) is 33.5 Å². The standard InChI is InChI=1S/C15H22N4O8S/c1-7(14(25)26)10-12(23)16-4-3-9(22)19-11(15(28)27-6-20)13(24)17-5-2-8(21)18-10/h6-7,10-11,15,28H,2-5H2,1H3,(H,16,23)(H,17,24)(H,18,21)(H,19,22)(H,25,26)/t7?,10-,11+,15?/m0/s1. The molecule has 0 aliphatic carbocycles. The number of thiol groups is 1. The second kappa shape index (κ2) is 11.1. The lowest BCUT2D eigenvalue weighted by Gasteiger charge is -2.24. The van der Waals surface area contributed by atoms with E-state index in [1.165, 1.54) is 6.92 Å². The van der Waals surface area contributed by atoms with Gasteiger partial charge in [0.05, 0.1) is 5.92 Å². The quantitative estimate of drug-likeness (QED) is 0.157. The summed E-state index contributed by atoms with van der Waals surface area (Å²) < 4.78 is 4.57. The molecular formula is C15H22N4O8S. The molecule has 1 heterocycles. The van der Waals surface area contributed by atoms with E-state index >= 15 is 0 Å². The van der Waals surface area contributed by atoms with E-state index in [2.05, 4.69) is 38.6 Å². The van der Waals surface area contributed by atoms with Crippen molar-refractivity contribution in [3.05, 3.63) is 0 Å². The third-order valence-corrected chi connectivity index (χ3v) is 4.29. The second-order valence-corrected chi connectivity index (χ2v) is 6.43. The zero-order valence-corrected chi connectivity index (χ0v) is 15.9. The fourth-order valence-electron chi connectivity index (χ4n) is 2.27. The lowest BCUT2D eigenvalue weighted by molar-refractivity contribution is -0.145. The Kier molecular flexibility index (Phi) is 9.21. The number of rotatable bonds is 5. The summed E-state index contributed by atoms with van der Waals surface area (Å²) in [7, 11) is 0. The van der Waals surface area contributed by atoms with E-state index in [1.54, 1.807) is 0 Å². The van der Waals surface area contributed by atoms with Crippen LogP contribution in [0.15, 0.2) is 0 Å². The minimum Gasteiger partial charge on any atom is -0.481 e. The summed E-state index contributed by atoms with van der Waals surface area (Å²) >= 11 is 3.94. The van der Waals surface area contributed by atoms with Gasteiger partial charge in [-0.2, -0.15) is 0 Å². The van der Waals surface area contributed by atoms with Gasteiger partial charge in [-0.3, -0.25) is 28.8 Å². The average Bonchev–Trinajstić information content (AvgIpc) is 2.62. The van der Waals surface area contributed by atoms with Crippen LogP contribution in [0.2, 0.25) is 0 Å². The molecule has 0 aromatic rings. The third kappa shape index (κ3) is 7.06. The van der Waals surface area contributed by atoms with E-state index in [0.29, 0.717) is 0 Å². The van der Waals surface area contributed by atoms with Gasteiger partial charge in [0.1, 0.15) is 6.04 Å². The molecule has 1 aliphatic heterocycles. The number of carbonyl (C=O) groups excluding carboxylic acids is 5. The van der Waals surface area contributed by atoms with Crippen molar-refractivity contribution in [1.29, 1.82) is 0 Å². The van der Waals surface area contributed by atoms with Gasteiger partial charge in [0.15, 0.2) is 11.5 Å².